The van der Waals surface area contributed by atoms with Gasteiger partial charge in [-0.15, -0.1) is 16.7 Å². The molecule has 0 aromatic carbocycles. The van der Waals surface area contributed by atoms with Gasteiger partial charge in [-0.25, -0.2) is 0 Å². The standard InChI is InChI=1S/C12H18ClN3OS/c1-2-5-10-11(18-15-14-10)12(17)16-7-4-3-6-9(16)8-13/h9H,2-8H2,1H3. The maximum Gasteiger partial charge on any atom is 0.267 e. The number of alkyl halides is 1. The van der Waals surface area contributed by atoms with Crippen molar-refractivity contribution in [3.63, 3.8) is 0 Å². The molecule has 1 aliphatic rings. The second-order valence-electron chi connectivity index (χ2n) is 4.60. The summed E-state index contributed by atoms with van der Waals surface area (Å²) in [7, 11) is 0. The van der Waals surface area contributed by atoms with Crippen LogP contribution in [-0.4, -0.2) is 38.9 Å². The van der Waals surface area contributed by atoms with Crippen molar-refractivity contribution in [1.82, 2.24) is 14.5 Å². The molecule has 6 heteroatoms. The molecule has 0 N–H and O–H groups in total. The van der Waals surface area contributed by atoms with E-state index in [1.54, 1.807) is 0 Å². The summed E-state index contributed by atoms with van der Waals surface area (Å²) in [4.78, 5) is 15.1. The molecule has 100 valence electrons. The molecule has 0 saturated carbocycles. The fraction of sp³-hybridized carbons (Fsp3) is 0.750. The summed E-state index contributed by atoms with van der Waals surface area (Å²) >= 11 is 7.17. The lowest BCUT2D eigenvalue weighted by atomic mass is 10.0. The molecule has 4 nitrogen and oxygen atoms in total. The van der Waals surface area contributed by atoms with Crippen LogP contribution in [0.4, 0.5) is 0 Å². The Labute approximate surface area is 116 Å². The number of likely N-dealkylation sites (tertiary alicyclic amines) is 1. The van der Waals surface area contributed by atoms with Gasteiger partial charge in [0, 0.05) is 18.5 Å². The van der Waals surface area contributed by atoms with Crippen molar-refractivity contribution in [2.24, 2.45) is 0 Å². The fourth-order valence-corrected chi connectivity index (χ4v) is 3.32. The highest BCUT2D eigenvalue weighted by Gasteiger charge is 2.29. The first-order chi connectivity index (χ1) is 8.77. The Morgan fingerprint density at radius 2 is 2.39 bits per heavy atom. The van der Waals surface area contributed by atoms with Gasteiger partial charge >= 0.3 is 0 Å². The number of piperidine rings is 1. The van der Waals surface area contributed by atoms with Gasteiger partial charge in [0.25, 0.3) is 5.91 Å². The number of nitrogens with zero attached hydrogens (tertiary/aromatic N) is 3. The van der Waals surface area contributed by atoms with Gasteiger partial charge in [0.15, 0.2) is 0 Å². The zero-order valence-electron chi connectivity index (χ0n) is 10.6. The molecular weight excluding hydrogens is 270 g/mol. The first-order valence-electron chi connectivity index (χ1n) is 6.46. The number of rotatable bonds is 4. The molecule has 1 saturated heterocycles. The Bertz CT molecular complexity index is 410. The number of hydrogen-bond donors (Lipinski definition) is 0. The molecule has 1 amide bonds. The van der Waals surface area contributed by atoms with Crippen LogP contribution in [0.2, 0.25) is 0 Å². The molecule has 2 heterocycles. The van der Waals surface area contributed by atoms with E-state index in [1.807, 2.05) is 4.90 Å². The van der Waals surface area contributed by atoms with Gasteiger partial charge < -0.3 is 4.90 Å². The van der Waals surface area contributed by atoms with E-state index in [1.165, 1.54) is 11.5 Å². The van der Waals surface area contributed by atoms with Crippen molar-refractivity contribution in [1.29, 1.82) is 0 Å². The van der Waals surface area contributed by atoms with E-state index in [-0.39, 0.29) is 11.9 Å². The monoisotopic (exact) mass is 287 g/mol. The zero-order chi connectivity index (χ0) is 13.0. The summed E-state index contributed by atoms with van der Waals surface area (Å²) in [5, 5.41) is 4.06. The minimum atomic E-state index is 0.0683. The molecule has 1 atom stereocenters. The van der Waals surface area contributed by atoms with Gasteiger partial charge in [0.1, 0.15) is 4.88 Å². The quantitative estimate of drug-likeness (QED) is 0.800. The van der Waals surface area contributed by atoms with Gasteiger partial charge in [-0.3, -0.25) is 4.79 Å². The molecule has 1 fully saturated rings. The number of halogens is 1. The average molecular weight is 288 g/mol. The number of amides is 1. The smallest absolute Gasteiger partial charge is 0.267 e. The average Bonchev–Trinajstić information content (AvgIpc) is 2.86. The van der Waals surface area contributed by atoms with Crippen molar-refractivity contribution in [3.05, 3.63) is 10.6 Å². The summed E-state index contributed by atoms with van der Waals surface area (Å²) in [6.07, 6.45) is 5.02. The highest BCUT2D eigenvalue weighted by molar-refractivity contribution is 7.08. The first kappa shape index (κ1) is 13.7. The third-order valence-corrected chi connectivity index (χ3v) is 4.42. The molecule has 0 bridgehead atoms. The topological polar surface area (TPSA) is 46.1 Å². The maximum atomic E-state index is 12.5. The van der Waals surface area contributed by atoms with Gasteiger partial charge in [0.2, 0.25) is 0 Å². The fourth-order valence-electron chi connectivity index (χ4n) is 2.33. The number of aryl methyl sites for hydroxylation is 1. The molecule has 0 aliphatic carbocycles. The molecule has 1 aromatic rings. The van der Waals surface area contributed by atoms with Crippen LogP contribution < -0.4 is 0 Å². The Hall–Kier alpha value is -0.680. The highest BCUT2D eigenvalue weighted by atomic mass is 35.5. The summed E-state index contributed by atoms with van der Waals surface area (Å²) < 4.78 is 3.92. The lowest BCUT2D eigenvalue weighted by Gasteiger charge is -2.34. The third-order valence-electron chi connectivity index (χ3n) is 3.30. The molecule has 1 aliphatic heterocycles. The van der Waals surface area contributed by atoms with Gasteiger partial charge in [-0.05, 0) is 37.2 Å². The first-order valence-corrected chi connectivity index (χ1v) is 7.76. The number of carbonyl (C=O) groups is 1. The van der Waals surface area contributed by atoms with Crippen LogP contribution in [-0.2, 0) is 6.42 Å². The van der Waals surface area contributed by atoms with E-state index >= 15 is 0 Å². The van der Waals surface area contributed by atoms with Crippen LogP contribution in [0.15, 0.2) is 0 Å². The van der Waals surface area contributed by atoms with Crippen LogP contribution in [0.25, 0.3) is 0 Å². The van der Waals surface area contributed by atoms with Crippen molar-refractivity contribution in [3.8, 4) is 0 Å². The molecule has 0 spiro atoms. The van der Waals surface area contributed by atoms with E-state index in [9.17, 15) is 4.79 Å². The van der Waals surface area contributed by atoms with Gasteiger partial charge in [-0.2, -0.15) is 0 Å². The SMILES string of the molecule is CCCc1nnsc1C(=O)N1CCCCC1CCl. The lowest BCUT2D eigenvalue weighted by molar-refractivity contribution is 0.0643. The second kappa shape index (κ2) is 6.48. The minimum Gasteiger partial charge on any atom is -0.334 e. The van der Waals surface area contributed by atoms with Gasteiger partial charge in [0.05, 0.1) is 5.69 Å². The normalized spacial score (nSPS) is 20.1. The number of aromatic nitrogens is 2. The summed E-state index contributed by atoms with van der Waals surface area (Å²) in [5.74, 6) is 0.583. The van der Waals surface area contributed by atoms with Crippen molar-refractivity contribution in [2.75, 3.05) is 12.4 Å². The van der Waals surface area contributed by atoms with E-state index in [0.717, 1.165) is 44.3 Å². The van der Waals surface area contributed by atoms with Crippen molar-refractivity contribution < 1.29 is 4.79 Å². The van der Waals surface area contributed by atoms with Crippen LogP contribution in [0, 0.1) is 0 Å². The molecule has 0 radical (unpaired) electrons. The Morgan fingerprint density at radius 3 is 3.11 bits per heavy atom. The second-order valence-corrected chi connectivity index (χ2v) is 5.66. The summed E-state index contributed by atoms with van der Waals surface area (Å²) in [6, 6.07) is 0.171. The van der Waals surface area contributed by atoms with Crippen LogP contribution >= 0.6 is 23.1 Å². The zero-order valence-corrected chi connectivity index (χ0v) is 12.1. The predicted octanol–water partition coefficient (Wildman–Crippen LogP) is 2.72. The maximum absolute atomic E-state index is 12.5. The highest BCUT2D eigenvalue weighted by Crippen LogP contribution is 2.23. The van der Waals surface area contributed by atoms with Crippen LogP contribution in [0.1, 0.15) is 48.0 Å². The van der Waals surface area contributed by atoms with Crippen LogP contribution in [0.3, 0.4) is 0 Å². The molecule has 1 unspecified atom stereocenters. The van der Waals surface area contributed by atoms with E-state index in [4.69, 9.17) is 11.6 Å². The van der Waals surface area contributed by atoms with Crippen molar-refractivity contribution >= 4 is 29.0 Å². The molecule has 2 rings (SSSR count). The Balaban J connectivity index is 2.16. The largest absolute Gasteiger partial charge is 0.334 e. The van der Waals surface area contributed by atoms with Crippen molar-refractivity contribution in [2.45, 2.75) is 45.1 Å². The van der Waals surface area contributed by atoms with E-state index in [0.29, 0.717) is 10.8 Å². The summed E-state index contributed by atoms with van der Waals surface area (Å²) in [5.41, 5.74) is 0.839. The van der Waals surface area contributed by atoms with Gasteiger partial charge in [-0.1, -0.05) is 17.8 Å². The third kappa shape index (κ3) is 2.83. The number of carbonyl (C=O) groups excluding carboxylic acids is 1. The predicted molar refractivity (Wildman–Crippen MR) is 73.3 cm³/mol. The Kier molecular flexibility index (Phi) is 4.95. The summed E-state index contributed by atoms with van der Waals surface area (Å²) in [6.45, 7) is 2.88. The molecule has 1 aromatic heterocycles. The van der Waals surface area contributed by atoms with E-state index in [2.05, 4.69) is 16.5 Å². The molecular formula is C12H18ClN3OS. The number of hydrogen-bond acceptors (Lipinski definition) is 4. The van der Waals surface area contributed by atoms with E-state index < -0.39 is 0 Å². The Morgan fingerprint density at radius 1 is 1.56 bits per heavy atom. The lowest BCUT2D eigenvalue weighted by Crippen LogP contribution is -2.44. The minimum absolute atomic E-state index is 0.0683. The molecule has 18 heavy (non-hydrogen) atoms. The van der Waals surface area contributed by atoms with Crippen LogP contribution in [0.5, 0.6) is 0 Å².